The van der Waals surface area contributed by atoms with Crippen LogP contribution in [0.3, 0.4) is 0 Å². The lowest BCUT2D eigenvalue weighted by Gasteiger charge is -2.14. The number of aromatic nitrogens is 5. The third-order valence-corrected chi connectivity index (χ3v) is 9.49. The van der Waals surface area contributed by atoms with Gasteiger partial charge in [-0.3, -0.25) is 13.9 Å². The van der Waals surface area contributed by atoms with Crippen LogP contribution >= 0.6 is 0 Å². The van der Waals surface area contributed by atoms with Gasteiger partial charge in [-0.1, -0.05) is 103 Å². The molecule has 0 fully saturated rings. The van der Waals surface area contributed by atoms with Gasteiger partial charge in [0.15, 0.2) is 0 Å². The van der Waals surface area contributed by atoms with Crippen molar-refractivity contribution >= 4 is 49.3 Å². The molecule has 6 aromatic carbocycles. The third kappa shape index (κ3) is 4.11. The van der Waals surface area contributed by atoms with Crippen LogP contribution in [0.2, 0.25) is 0 Å². The van der Waals surface area contributed by atoms with E-state index in [4.69, 9.17) is 9.97 Å². The number of hydrogen-bond acceptors (Lipinski definition) is 3. The van der Waals surface area contributed by atoms with E-state index in [0.717, 1.165) is 71.9 Å². The summed E-state index contributed by atoms with van der Waals surface area (Å²) in [5.74, 6) is 0.622. The molecule has 10 rings (SSSR count). The fourth-order valence-corrected chi connectivity index (χ4v) is 7.32. The molecule has 0 aliphatic rings. The van der Waals surface area contributed by atoms with Gasteiger partial charge in [0.2, 0.25) is 5.95 Å². The number of nitrogens with zero attached hydrogens (tertiary/aromatic N) is 5. The van der Waals surface area contributed by atoms with E-state index in [0.29, 0.717) is 11.5 Å². The monoisotopic (exact) mass is 629 g/mol. The van der Waals surface area contributed by atoms with E-state index in [9.17, 15) is 4.79 Å². The van der Waals surface area contributed by atoms with Crippen LogP contribution in [-0.4, -0.2) is 23.5 Å². The Morgan fingerprint density at radius 3 is 1.88 bits per heavy atom. The molecule has 4 heterocycles. The first-order chi connectivity index (χ1) is 24.2. The smallest absolute Gasteiger partial charge is 0.279 e. The van der Waals surface area contributed by atoms with Crippen molar-refractivity contribution in [2.24, 2.45) is 0 Å². The minimum absolute atomic E-state index is 0.0588. The van der Waals surface area contributed by atoms with Gasteiger partial charge in [0, 0.05) is 27.4 Å². The molecule has 6 nitrogen and oxygen atoms in total. The molecule has 0 saturated heterocycles. The van der Waals surface area contributed by atoms with Crippen molar-refractivity contribution in [2.75, 3.05) is 0 Å². The Balaban J connectivity index is 1.22. The van der Waals surface area contributed by atoms with Crippen LogP contribution in [0.4, 0.5) is 0 Å². The second-order valence-corrected chi connectivity index (χ2v) is 12.2. The van der Waals surface area contributed by atoms with Gasteiger partial charge in [0.1, 0.15) is 5.52 Å². The summed E-state index contributed by atoms with van der Waals surface area (Å²) < 4.78 is 6.06. The lowest BCUT2D eigenvalue weighted by Crippen LogP contribution is -2.21. The van der Waals surface area contributed by atoms with E-state index in [1.54, 1.807) is 4.57 Å². The molecule has 0 amide bonds. The fraction of sp³-hybridized carbons (Fsp3) is 0. The highest BCUT2D eigenvalue weighted by Crippen LogP contribution is 2.36. The minimum Gasteiger partial charge on any atom is -0.303 e. The van der Waals surface area contributed by atoms with Crippen molar-refractivity contribution in [1.82, 2.24) is 23.5 Å². The standard InChI is InChI=1S/C43H27N5O/c49-42-40-26-25-35(47(40)39-22-12-11-21-38(39)46(42)30-15-5-2-6-16-30)29-23-24-37-33(27-29)31-17-8-10-20-36(31)48(37)43-44-34-19-9-7-18-32(34)41(45-43)28-13-3-1-4-14-28/h1-27H. The SMILES string of the molecule is O=c1c2ccc(-c3ccc4c(c3)c3ccccc3n4-c3nc(-c4ccccc4)c4ccccc4n3)n2c2ccccc2n1-c1ccccc1. The largest absolute Gasteiger partial charge is 0.303 e. The molecule has 0 N–H and O–H groups in total. The van der Waals surface area contributed by atoms with Gasteiger partial charge >= 0.3 is 0 Å². The van der Waals surface area contributed by atoms with Crippen LogP contribution in [-0.2, 0) is 0 Å². The second kappa shape index (κ2) is 10.6. The van der Waals surface area contributed by atoms with Gasteiger partial charge < -0.3 is 4.40 Å². The summed E-state index contributed by atoms with van der Waals surface area (Å²) in [6, 6.07) is 55.3. The minimum atomic E-state index is -0.0588. The number of para-hydroxylation sites is 5. The lowest BCUT2D eigenvalue weighted by molar-refractivity contribution is 1.01. The maximum absolute atomic E-state index is 14.1. The Kier molecular flexibility index (Phi) is 5.92. The summed E-state index contributed by atoms with van der Waals surface area (Å²) in [5, 5.41) is 3.21. The first kappa shape index (κ1) is 27.3. The molecule has 0 unspecified atom stereocenters. The average Bonchev–Trinajstić information content (AvgIpc) is 3.76. The first-order valence-electron chi connectivity index (χ1n) is 16.3. The number of benzene rings is 6. The average molecular weight is 630 g/mol. The van der Waals surface area contributed by atoms with Gasteiger partial charge in [-0.05, 0) is 66.2 Å². The van der Waals surface area contributed by atoms with Gasteiger partial charge in [-0.15, -0.1) is 0 Å². The van der Waals surface area contributed by atoms with Crippen LogP contribution in [0, 0.1) is 0 Å². The Morgan fingerprint density at radius 2 is 1.06 bits per heavy atom. The molecule has 0 spiro atoms. The fourth-order valence-electron chi connectivity index (χ4n) is 7.32. The zero-order valence-electron chi connectivity index (χ0n) is 26.2. The van der Waals surface area contributed by atoms with E-state index in [2.05, 4.69) is 81.8 Å². The second-order valence-electron chi connectivity index (χ2n) is 12.2. The van der Waals surface area contributed by atoms with E-state index in [1.807, 2.05) is 91.0 Å². The van der Waals surface area contributed by atoms with Crippen molar-refractivity contribution in [3.63, 3.8) is 0 Å². The lowest BCUT2D eigenvalue weighted by atomic mass is 10.1. The zero-order valence-corrected chi connectivity index (χ0v) is 26.2. The van der Waals surface area contributed by atoms with E-state index < -0.39 is 0 Å². The Morgan fingerprint density at radius 1 is 0.429 bits per heavy atom. The van der Waals surface area contributed by atoms with Crippen molar-refractivity contribution in [3.8, 4) is 34.2 Å². The van der Waals surface area contributed by atoms with E-state index in [-0.39, 0.29) is 5.56 Å². The Bertz CT molecular complexity index is 2960. The zero-order chi connectivity index (χ0) is 32.5. The van der Waals surface area contributed by atoms with Crippen LogP contribution < -0.4 is 5.56 Å². The quantitative estimate of drug-likeness (QED) is 0.195. The summed E-state index contributed by atoms with van der Waals surface area (Å²) in [5.41, 5.74) is 10.1. The highest BCUT2D eigenvalue weighted by molar-refractivity contribution is 6.10. The van der Waals surface area contributed by atoms with Crippen LogP contribution in [0.1, 0.15) is 0 Å². The Hall–Kier alpha value is -6.79. The molecule has 49 heavy (non-hydrogen) atoms. The number of hydrogen-bond donors (Lipinski definition) is 0. The van der Waals surface area contributed by atoms with Crippen molar-refractivity contribution in [2.45, 2.75) is 0 Å². The van der Waals surface area contributed by atoms with Gasteiger partial charge in [0.05, 0.1) is 39.0 Å². The molecule has 230 valence electrons. The van der Waals surface area contributed by atoms with Crippen molar-refractivity contribution in [1.29, 1.82) is 0 Å². The molecule has 6 heteroatoms. The predicted octanol–water partition coefficient (Wildman–Crippen LogP) is 9.62. The molecule has 0 aliphatic heterocycles. The molecule has 0 atom stereocenters. The maximum atomic E-state index is 14.1. The van der Waals surface area contributed by atoms with Gasteiger partial charge in [-0.2, -0.15) is 0 Å². The predicted molar refractivity (Wildman–Crippen MR) is 199 cm³/mol. The molecule has 0 radical (unpaired) electrons. The maximum Gasteiger partial charge on any atom is 0.279 e. The van der Waals surface area contributed by atoms with Gasteiger partial charge in [0.25, 0.3) is 5.56 Å². The van der Waals surface area contributed by atoms with E-state index in [1.165, 1.54) is 0 Å². The topological polar surface area (TPSA) is 57.1 Å². The molecular formula is C43H27N5O. The van der Waals surface area contributed by atoms with Crippen molar-refractivity contribution < 1.29 is 0 Å². The van der Waals surface area contributed by atoms with Crippen LogP contribution in [0.5, 0.6) is 0 Å². The highest BCUT2D eigenvalue weighted by Gasteiger charge is 2.20. The van der Waals surface area contributed by atoms with Gasteiger partial charge in [-0.25, -0.2) is 9.97 Å². The molecule has 4 aromatic heterocycles. The Labute approximate surface area is 280 Å². The molecule has 0 aliphatic carbocycles. The highest BCUT2D eigenvalue weighted by atomic mass is 16.1. The number of rotatable bonds is 4. The summed E-state index contributed by atoms with van der Waals surface area (Å²) >= 11 is 0. The van der Waals surface area contributed by atoms with Crippen LogP contribution in [0.25, 0.3) is 83.4 Å². The molecule has 0 saturated carbocycles. The van der Waals surface area contributed by atoms with E-state index >= 15 is 0 Å². The molecular weight excluding hydrogens is 603 g/mol. The normalized spacial score (nSPS) is 11.8. The summed E-state index contributed by atoms with van der Waals surface area (Å²) in [7, 11) is 0. The van der Waals surface area contributed by atoms with Crippen molar-refractivity contribution in [3.05, 3.63) is 174 Å². The third-order valence-electron chi connectivity index (χ3n) is 9.49. The number of fused-ring (bicyclic) bond motifs is 7. The molecule has 0 bridgehead atoms. The summed E-state index contributed by atoms with van der Waals surface area (Å²) in [4.78, 5) is 24.4. The summed E-state index contributed by atoms with van der Waals surface area (Å²) in [6.07, 6.45) is 0. The van der Waals surface area contributed by atoms with Crippen LogP contribution in [0.15, 0.2) is 169 Å². The summed E-state index contributed by atoms with van der Waals surface area (Å²) in [6.45, 7) is 0. The molecule has 10 aromatic rings. The first-order valence-corrected chi connectivity index (χ1v) is 16.3.